The lowest BCUT2D eigenvalue weighted by Crippen LogP contribution is -2.37. The van der Waals surface area contributed by atoms with Crippen LogP contribution in [0.1, 0.15) is 52.3 Å². The summed E-state index contributed by atoms with van der Waals surface area (Å²) in [5.74, 6) is -0.789. The molecule has 0 bridgehead atoms. The monoisotopic (exact) mass is 664 g/mol. The van der Waals surface area contributed by atoms with Crippen LogP contribution in [0, 0.1) is 0 Å². The highest BCUT2D eigenvalue weighted by molar-refractivity contribution is 6.69. The van der Waals surface area contributed by atoms with Crippen LogP contribution in [0.25, 0.3) is 11.3 Å². The molecule has 2 aromatic heterocycles. The van der Waals surface area contributed by atoms with Gasteiger partial charge >= 0.3 is 12.4 Å². The molecule has 0 aliphatic heterocycles. The molecule has 0 atom stereocenters. The Kier molecular flexibility index (Phi) is 8.65. The van der Waals surface area contributed by atoms with Crippen molar-refractivity contribution in [3.05, 3.63) is 86.3 Å². The number of carbonyl (C=O) groups is 1. The molecular formula is C27H24Cl2F6N4O3Si. The van der Waals surface area contributed by atoms with Crippen molar-refractivity contribution in [2.24, 2.45) is 0 Å². The molecule has 0 aliphatic carbocycles. The SMILES string of the molecule is CC(C)(O[Si](C)(C)C)c1onc(-c2ccccc2Cl)c1C(=O)c1nnn(Cc2cc(C(F)(F)F)cc(C(F)(F)F)c2)c1Cl. The molecule has 2 aromatic carbocycles. The molecule has 0 unspecified atom stereocenters. The Balaban J connectivity index is 1.82. The zero-order valence-corrected chi connectivity index (χ0v) is 25.8. The Morgan fingerprint density at radius 2 is 1.56 bits per heavy atom. The Morgan fingerprint density at radius 3 is 2.09 bits per heavy atom. The third kappa shape index (κ3) is 7.14. The third-order valence-electron chi connectivity index (χ3n) is 6.03. The second-order valence-electron chi connectivity index (χ2n) is 11.1. The van der Waals surface area contributed by atoms with Crippen molar-refractivity contribution in [2.75, 3.05) is 0 Å². The molecule has 0 fully saturated rings. The van der Waals surface area contributed by atoms with E-state index in [9.17, 15) is 31.1 Å². The summed E-state index contributed by atoms with van der Waals surface area (Å²) in [6.07, 6.45) is -10.1. The van der Waals surface area contributed by atoms with Crippen LogP contribution >= 0.6 is 23.2 Å². The van der Waals surface area contributed by atoms with Crippen LogP contribution < -0.4 is 0 Å². The maximum absolute atomic E-state index is 14.0. The van der Waals surface area contributed by atoms with E-state index in [2.05, 4.69) is 15.5 Å². The molecule has 0 spiro atoms. The summed E-state index contributed by atoms with van der Waals surface area (Å²) in [6.45, 7) is 8.52. The summed E-state index contributed by atoms with van der Waals surface area (Å²) in [6, 6.07) is 7.62. The van der Waals surface area contributed by atoms with Gasteiger partial charge in [0.05, 0.1) is 28.3 Å². The van der Waals surface area contributed by atoms with Gasteiger partial charge in [-0.15, -0.1) is 5.10 Å². The summed E-state index contributed by atoms with van der Waals surface area (Å²) < 4.78 is 92.9. The molecule has 43 heavy (non-hydrogen) atoms. The van der Waals surface area contributed by atoms with E-state index in [1.54, 1.807) is 38.1 Å². The summed E-state index contributed by atoms with van der Waals surface area (Å²) in [4.78, 5) is 14.0. The van der Waals surface area contributed by atoms with Gasteiger partial charge in [0.25, 0.3) is 0 Å². The summed E-state index contributed by atoms with van der Waals surface area (Å²) in [5, 5.41) is 11.5. The normalized spacial score (nSPS) is 13.0. The van der Waals surface area contributed by atoms with Gasteiger partial charge in [-0.2, -0.15) is 26.3 Å². The average molecular weight is 665 g/mol. The van der Waals surface area contributed by atoms with Gasteiger partial charge in [-0.25, -0.2) is 4.68 Å². The minimum absolute atomic E-state index is 0.00927. The summed E-state index contributed by atoms with van der Waals surface area (Å²) in [5.41, 5.74) is -4.73. The van der Waals surface area contributed by atoms with Crippen LogP contribution in [0.3, 0.4) is 0 Å². The third-order valence-corrected chi connectivity index (χ3v) is 7.85. The summed E-state index contributed by atoms with van der Waals surface area (Å²) in [7, 11) is -2.22. The maximum Gasteiger partial charge on any atom is 0.416 e. The second kappa shape index (κ2) is 11.4. The molecule has 0 saturated carbocycles. The van der Waals surface area contributed by atoms with E-state index >= 15 is 0 Å². The van der Waals surface area contributed by atoms with Gasteiger partial charge in [0.2, 0.25) is 5.78 Å². The number of alkyl halides is 6. The molecule has 7 nitrogen and oxygen atoms in total. The minimum Gasteiger partial charge on any atom is -0.405 e. The van der Waals surface area contributed by atoms with Crippen LogP contribution in [0.4, 0.5) is 26.3 Å². The molecule has 0 aliphatic rings. The van der Waals surface area contributed by atoms with Crippen molar-refractivity contribution in [2.45, 2.75) is 58.0 Å². The molecule has 0 radical (unpaired) electrons. The molecule has 4 rings (SSSR count). The zero-order valence-electron chi connectivity index (χ0n) is 23.3. The fourth-order valence-electron chi connectivity index (χ4n) is 4.50. The highest BCUT2D eigenvalue weighted by Crippen LogP contribution is 2.40. The Hall–Kier alpha value is -3.20. The number of hydrogen-bond acceptors (Lipinski definition) is 6. The number of nitrogens with zero attached hydrogens (tertiary/aromatic N) is 4. The number of halogens is 8. The Morgan fingerprint density at radius 1 is 0.977 bits per heavy atom. The van der Waals surface area contributed by atoms with Crippen LogP contribution in [0.15, 0.2) is 47.0 Å². The smallest absolute Gasteiger partial charge is 0.405 e. The van der Waals surface area contributed by atoms with Gasteiger partial charge in [0, 0.05) is 5.56 Å². The fourth-order valence-corrected chi connectivity index (χ4v) is 6.57. The molecule has 0 N–H and O–H groups in total. The van der Waals surface area contributed by atoms with Crippen LogP contribution in [0.2, 0.25) is 29.8 Å². The number of rotatable bonds is 8. The predicted molar refractivity (Wildman–Crippen MR) is 148 cm³/mol. The Bertz CT molecular complexity index is 1640. The molecule has 0 saturated heterocycles. The van der Waals surface area contributed by atoms with Gasteiger partial charge in [-0.3, -0.25) is 4.79 Å². The number of carbonyl (C=O) groups excluding carboxylic acids is 1. The van der Waals surface area contributed by atoms with Crippen molar-refractivity contribution in [3.8, 4) is 11.3 Å². The average Bonchev–Trinajstić information content (AvgIpc) is 3.46. The first-order valence-electron chi connectivity index (χ1n) is 12.6. The molecule has 230 valence electrons. The largest absolute Gasteiger partial charge is 0.416 e. The molecule has 4 aromatic rings. The lowest BCUT2D eigenvalue weighted by atomic mass is 9.94. The van der Waals surface area contributed by atoms with Crippen LogP contribution in [-0.2, 0) is 28.9 Å². The first-order chi connectivity index (χ1) is 19.7. The number of hydrogen-bond donors (Lipinski definition) is 0. The predicted octanol–water partition coefficient (Wildman–Crippen LogP) is 8.64. The first-order valence-corrected chi connectivity index (χ1v) is 16.7. The first kappa shape index (κ1) is 32.7. The number of ketones is 1. The van der Waals surface area contributed by atoms with Gasteiger partial charge in [-0.1, -0.05) is 51.8 Å². The fraction of sp³-hybridized carbons (Fsp3) is 0.333. The van der Waals surface area contributed by atoms with Gasteiger partial charge in [-0.05, 0) is 63.3 Å². The molecule has 16 heteroatoms. The van der Waals surface area contributed by atoms with Gasteiger partial charge in [0.15, 0.2) is 24.9 Å². The quantitative estimate of drug-likeness (QED) is 0.107. The second-order valence-corrected chi connectivity index (χ2v) is 16.3. The highest BCUT2D eigenvalue weighted by atomic mass is 35.5. The van der Waals surface area contributed by atoms with E-state index in [0.29, 0.717) is 17.7 Å². The standard InChI is InChI=1S/C27H24Cl2F6N4O3Si/c1-25(2,42-43(3,4)5)23-19(20(37-41-23)17-8-6-7-9-18(17)28)22(40)21-24(29)39(38-36-21)13-14-10-15(26(30,31)32)12-16(11-14)27(33,34)35/h6-12H,13H2,1-5H3. The van der Waals surface area contributed by atoms with E-state index in [0.717, 1.165) is 4.68 Å². The zero-order chi connectivity index (χ0) is 32.1. The van der Waals surface area contributed by atoms with Gasteiger partial charge in [0.1, 0.15) is 11.3 Å². The lowest BCUT2D eigenvalue weighted by Gasteiger charge is -2.31. The highest BCUT2D eigenvalue weighted by Gasteiger charge is 2.41. The molecule has 0 amide bonds. The lowest BCUT2D eigenvalue weighted by molar-refractivity contribution is -0.143. The van der Waals surface area contributed by atoms with E-state index < -0.39 is 66.1 Å². The Labute approximate surface area is 252 Å². The minimum atomic E-state index is -5.05. The molecule has 2 heterocycles. The van der Waals surface area contributed by atoms with E-state index in [1.807, 2.05) is 19.6 Å². The van der Waals surface area contributed by atoms with Crippen LogP contribution in [-0.4, -0.2) is 34.3 Å². The van der Waals surface area contributed by atoms with E-state index in [-0.39, 0.29) is 28.1 Å². The van der Waals surface area contributed by atoms with Crippen molar-refractivity contribution in [3.63, 3.8) is 0 Å². The van der Waals surface area contributed by atoms with E-state index in [1.165, 1.54) is 0 Å². The van der Waals surface area contributed by atoms with Gasteiger partial charge < -0.3 is 8.95 Å². The van der Waals surface area contributed by atoms with E-state index in [4.69, 9.17) is 32.2 Å². The summed E-state index contributed by atoms with van der Waals surface area (Å²) >= 11 is 12.8. The number of benzene rings is 2. The van der Waals surface area contributed by atoms with Crippen LogP contribution in [0.5, 0.6) is 0 Å². The maximum atomic E-state index is 14.0. The van der Waals surface area contributed by atoms with Crippen molar-refractivity contribution in [1.82, 2.24) is 20.2 Å². The number of aromatic nitrogens is 4. The topological polar surface area (TPSA) is 83.0 Å². The molecular weight excluding hydrogens is 641 g/mol. The van der Waals surface area contributed by atoms with Crippen molar-refractivity contribution < 1.29 is 40.1 Å². The van der Waals surface area contributed by atoms with Crippen molar-refractivity contribution >= 4 is 37.3 Å². The van der Waals surface area contributed by atoms with Crippen molar-refractivity contribution in [1.29, 1.82) is 0 Å².